The van der Waals surface area contributed by atoms with Gasteiger partial charge in [0.05, 0.1) is 14.2 Å². The molecule has 0 aliphatic rings. The first-order chi connectivity index (χ1) is 9.96. The predicted molar refractivity (Wildman–Crippen MR) is 86.5 cm³/mol. The average Bonchev–Trinajstić information content (AvgIpc) is 2.46. The summed E-state index contributed by atoms with van der Waals surface area (Å²) >= 11 is 2.08. The van der Waals surface area contributed by atoms with Gasteiger partial charge in [-0.05, 0) is 52.9 Å². The Labute approximate surface area is 137 Å². The van der Waals surface area contributed by atoms with Crippen LogP contribution in [0.1, 0.15) is 0 Å². The molecule has 2 aromatic rings. The Morgan fingerprint density at radius 2 is 1.71 bits per heavy atom. The van der Waals surface area contributed by atoms with Gasteiger partial charge in [0.1, 0.15) is 17.2 Å². The van der Waals surface area contributed by atoms with E-state index in [2.05, 4.69) is 22.6 Å². The molecule has 0 saturated carbocycles. The van der Waals surface area contributed by atoms with Gasteiger partial charge in [-0.15, -0.1) is 0 Å². The lowest BCUT2D eigenvalue weighted by Crippen LogP contribution is -2.11. The largest absolute Gasteiger partial charge is 0.497 e. The van der Waals surface area contributed by atoms with E-state index in [0.717, 1.165) is 3.57 Å². The van der Waals surface area contributed by atoms with Gasteiger partial charge in [-0.3, -0.25) is 0 Å². The quantitative estimate of drug-likeness (QED) is 0.550. The predicted octanol–water partition coefficient (Wildman–Crippen LogP) is 3.08. The average molecular weight is 420 g/mol. The van der Waals surface area contributed by atoms with Crippen LogP contribution in [0, 0.1) is 3.57 Å². The van der Waals surface area contributed by atoms with Crippen LogP contribution in [0.5, 0.6) is 17.2 Å². The van der Waals surface area contributed by atoms with Crippen molar-refractivity contribution >= 4 is 32.7 Å². The monoisotopic (exact) mass is 420 g/mol. The van der Waals surface area contributed by atoms with Gasteiger partial charge in [0.2, 0.25) is 0 Å². The van der Waals surface area contributed by atoms with Crippen molar-refractivity contribution in [2.24, 2.45) is 0 Å². The highest BCUT2D eigenvalue weighted by atomic mass is 127. The van der Waals surface area contributed by atoms with Gasteiger partial charge in [-0.2, -0.15) is 8.42 Å². The standard InChI is InChI=1S/C14H13IO5S/c1-18-11-6-7-13(19-2)14(9-11)21(16,17)20-12-5-3-4-10(15)8-12/h3-9H,1-2H3. The molecule has 0 atom stereocenters. The van der Waals surface area contributed by atoms with Crippen LogP contribution in [0.2, 0.25) is 0 Å². The van der Waals surface area contributed by atoms with Crippen LogP contribution < -0.4 is 13.7 Å². The van der Waals surface area contributed by atoms with Gasteiger partial charge in [-0.25, -0.2) is 0 Å². The zero-order chi connectivity index (χ0) is 15.5. The van der Waals surface area contributed by atoms with E-state index in [-0.39, 0.29) is 16.4 Å². The van der Waals surface area contributed by atoms with Gasteiger partial charge >= 0.3 is 10.1 Å². The first-order valence-electron chi connectivity index (χ1n) is 5.88. The van der Waals surface area contributed by atoms with Crippen LogP contribution >= 0.6 is 22.6 Å². The van der Waals surface area contributed by atoms with E-state index in [1.807, 2.05) is 6.07 Å². The van der Waals surface area contributed by atoms with Gasteiger partial charge in [0, 0.05) is 9.64 Å². The summed E-state index contributed by atoms with van der Waals surface area (Å²) in [5, 5.41) is 0. The Hall–Kier alpha value is -1.48. The number of methoxy groups -OCH3 is 2. The Balaban J connectivity index is 2.43. The van der Waals surface area contributed by atoms with E-state index in [1.54, 1.807) is 24.3 Å². The Kier molecular flexibility index (Phi) is 4.94. The Bertz CT molecular complexity index is 743. The topological polar surface area (TPSA) is 61.8 Å². The van der Waals surface area contributed by atoms with E-state index in [9.17, 15) is 8.42 Å². The summed E-state index contributed by atoms with van der Waals surface area (Å²) in [5.41, 5.74) is 0. The van der Waals surface area contributed by atoms with Crippen molar-refractivity contribution in [3.63, 3.8) is 0 Å². The molecule has 5 nitrogen and oxygen atoms in total. The molecule has 0 saturated heterocycles. The van der Waals surface area contributed by atoms with Crippen LogP contribution in [-0.2, 0) is 10.1 Å². The Morgan fingerprint density at radius 1 is 0.952 bits per heavy atom. The first kappa shape index (κ1) is 15.9. The molecule has 112 valence electrons. The van der Waals surface area contributed by atoms with Crippen molar-refractivity contribution in [2.45, 2.75) is 4.90 Å². The minimum absolute atomic E-state index is 0.0804. The fourth-order valence-electron chi connectivity index (χ4n) is 1.67. The Morgan fingerprint density at radius 3 is 2.33 bits per heavy atom. The molecule has 0 amide bonds. The number of hydrogen-bond donors (Lipinski definition) is 0. The third-order valence-corrected chi connectivity index (χ3v) is 4.58. The lowest BCUT2D eigenvalue weighted by molar-refractivity contribution is 0.388. The van der Waals surface area contributed by atoms with E-state index in [1.165, 1.54) is 26.4 Å². The molecule has 2 aromatic carbocycles. The van der Waals surface area contributed by atoms with Gasteiger partial charge in [-0.1, -0.05) is 6.07 Å². The zero-order valence-electron chi connectivity index (χ0n) is 11.4. The number of hydrogen-bond acceptors (Lipinski definition) is 5. The summed E-state index contributed by atoms with van der Waals surface area (Å²) in [6, 6.07) is 11.3. The second kappa shape index (κ2) is 6.52. The van der Waals surface area contributed by atoms with Crippen LogP contribution in [-0.4, -0.2) is 22.6 Å². The molecule has 0 spiro atoms. The third kappa shape index (κ3) is 3.79. The smallest absolute Gasteiger partial charge is 0.343 e. The molecule has 0 aliphatic heterocycles. The maximum absolute atomic E-state index is 12.4. The number of benzene rings is 2. The second-order valence-corrected chi connectivity index (χ2v) is 6.77. The van der Waals surface area contributed by atoms with E-state index in [4.69, 9.17) is 13.7 Å². The second-order valence-electron chi connectivity index (χ2n) is 4.01. The summed E-state index contributed by atoms with van der Waals surface area (Å²) in [6.07, 6.45) is 0. The van der Waals surface area contributed by atoms with Crippen molar-refractivity contribution in [1.82, 2.24) is 0 Å². The summed E-state index contributed by atoms with van der Waals surface area (Å²) in [4.78, 5) is -0.0804. The zero-order valence-corrected chi connectivity index (χ0v) is 14.3. The fourth-order valence-corrected chi connectivity index (χ4v) is 3.29. The van der Waals surface area contributed by atoms with Crippen LogP contribution in [0.15, 0.2) is 47.4 Å². The highest BCUT2D eigenvalue weighted by molar-refractivity contribution is 14.1. The van der Waals surface area contributed by atoms with Crippen LogP contribution in [0.25, 0.3) is 0 Å². The maximum Gasteiger partial charge on any atom is 0.343 e. The highest BCUT2D eigenvalue weighted by Crippen LogP contribution is 2.30. The lowest BCUT2D eigenvalue weighted by atomic mass is 10.3. The summed E-state index contributed by atoms with van der Waals surface area (Å²) in [7, 11) is -1.16. The molecule has 0 unspecified atom stereocenters. The van der Waals surface area contributed by atoms with Crippen molar-refractivity contribution < 1.29 is 22.1 Å². The van der Waals surface area contributed by atoms with E-state index >= 15 is 0 Å². The highest BCUT2D eigenvalue weighted by Gasteiger charge is 2.23. The van der Waals surface area contributed by atoms with Gasteiger partial charge in [0.25, 0.3) is 0 Å². The summed E-state index contributed by atoms with van der Waals surface area (Å²) in [5.74, 6) is 0.841. The molecular weight excluding hydrogens is 407 g/mol. The summed E-state index contributed by atoms with van der Waals surface area (Å²) in [6.45, 7) is 0. The lowest BCUT2D eigenvalue weighted by Gasteiger charge is -2.12. The maximum atomic E-state index is 12.4. The van der Waals surface area contributed by atoms with Crippen molar-refractivity contribution in [1.29, 1.82) is 0 Å². The third-order valence-electron chi connectivity index (χ3n) is 2.64. The minimum atomic E-state index is -4.01. The fraction of sp³-hybridized carbons (Fsp3) is 0.143. The molecule has 21 heavy (non-hydrogen) atoms. The molecule has 0 aliphatic carbocycles. The molecule has 0 bridgehead atoms. The molecule has 2 rings (SSSR count). The number of halogens is 1. The molecule has 0 aromatic heterocycles. The minimum Gasteiger partial charge on any atom is -0.497 e. The van der Waals surface area contributed by atoms with Crippen molar-refractivity contribution in [3.8, 4) is 17.2 Å². The number of rotatable bonds is 5. The molecular formula is C14H13IO5S. The van der Waals surface area contributed by atoms with Crippen LogP contribution in [0.4, 0.5) is 0 Å². The van der Waals surface area contributed by atoms with E-state index < -0.39 is 10.1 Å². The molecule has 0 N–H and O–H groups in total. The van der Waals surface area contributed by atoms with Crippen molar-refractivity contribution in [3.05, 3.63) is 46.0 Å². The van der Waals surface area contributed by atoms with Crippen LogP contribution in [0.3, 0.4) is 0 Å². The summed E-state index contributed by atoms with van der Waals surface area (Å²) < 4.78 is 40.9. The van der Waals surface area contributed by atoms with E-state index in [0.29, 0.717) is 5.75 Å². The van der Waals surface area contributed by atoms with Gasteiger partial charge in [0.15, 0.2) is 4.90 Å². The SMILES string of the molecule is COc1ccc(OC)c(S(=O)(=O)Oc2cccc(I)c2)c1. The molecule has 0 heterocycles. The van der Waals surface area contributed by atoms with Gasteiger partial charge < -0.3 is 13.7 Å². The molecule has 0 radical (unpaired) electrons. The molecule has 0 fully saturated rings. The molecule has 7 heteroatoms. The first-order valence-corrected chi connectivity index (χ1v) is 8.37. The number of ether oxygens (including phenoxy) is 2. The van der Waals surface area contributed by atoms with Crippen molar-refractivity contribution in [2.75, 3.05) is 14.2 Å². The normalized spacial score (nSPS) is 11.0.